The average Bonchev–Trinajstić information content (AvgIpc) is 2.51. The lowest BCUT2D eigenvalue weighted by molar-refractivity contribution is 0.387. The molecule has 0 fully saturated rings. The van der Waals surface area contributed by atoms with Gasteiger partial charge < -0.3 is 14.9 Å². The molecule has 0 aliphatic carbocycles. The molecule has 1 rings (SSSR count). The van der Waals surface area contributed by atoms with Crippen molar-refractivity contribution in [3.63, 3.8) is 0 Å². The Morgan fingerprint density at radius 2 is 1.14 bits per heavy atom. The molecule has 0 spiro atoms. The van der Waals surface area contributed by atoms with Crippen molar-refractivity contribution in [3.8, 4) is 11.5 Å². The molecule has 1 aromatic rings. The Morgan fingerprint density at radius 1 is 0.810 bits per heavy atom. The summed E-state index contributed by atoms with van der Waals surface area (Å²) in [6, 6.07) is 6.15. The lowest BCUT2D eigenvalue weighted by atomic mass is 10.2. The predicted octanol–water partition coefficient (Wildman–Crippen LogP) is 5.51. The minimum atomic E-state index is -0.0764. The Bertz CT molecular complexity index is 395. The smallest absolute Gasteiger partial charge is 0.157 e. The Hall–Kier alpha value is -1.90. The number of allylic oxidation sites excluding steroid dienone is 2. The summed E-state index contributed by atoms with van der Waals surface area (Å²) in [5.74, 6) is -0.153. The number of rotatable bonds is 6. The summed E-state index contributed by atoms with van der Waals surface area (Å²) in [6.45, 7) is 8.62. The highest BCUT2D eigenvalue weighted by atomic mass is 16.5. The zero-order chi connectivity index (χ0) is 16.1. The highest BCUT2D eigenvalue weighted by molar-refractivity contribution is 5.36. The molecule has 0 saturated carbocycles. The number of para-hydroxylation sites is 2. The summed E-state index contributed by atoms with van der Waals surface area (Å²) in [5.41, 5.74) is 2.73. The number of hydrogen-bond acceptors (Lipinski definition) is 3. The van der Waals surface area contributed by atoms with Gasteiger partial charge in [-0.1, -0.05) is 39.8 Å². The summed E-state index contributed by atoms with van der Waals surface area (Å²) >= 11 is 0. The lowest BCUT2D eigenvalue weighted by Gasteiger charge is -2.01. The van der Waals surface area contributed by atoms with Gasteiger partial charge in [0, 0.05) is 0 Å². The van der Waals surface area contributed by atoms with Crippen molar-refractivity contribution in [3.05, 3.63) is 47.9 Å². The van der Waals surface area contributed by atoms with Gasteiger partial charge >= 0.3 is 0 Å². The zero-order valence-electron chi connectivity index (χ0n) is 13.6. The third kappa shape index (κ3) is 8.79. The second-order valence-electron chi connectivity index (χ2n) is 4.59. The minimum Gasteiger partial charge on any atom is -0.504 e. The summed E-state index contributed by atoms with van der Waals surface area (Å²) < 4.78 is 5.40. The fourth-order valence-corrected chi connectivity index (χ4v) is 1.52. The molecule has 3 nitrogen and oxygen atoms in total. The number of phenols is 2. The monoisotopic (exact) mass is 292 g/mol. The number of aromatic hydroxyl groups is 2. The van der Waals surface area contributed by atoms with Crippen LogP contribution in [0.5, 0.6) is 11.5 Å². The molecule has 21 heavy (non-hydrogen) atoms. The van der Waals surface area contributed by atoms with Crippen molar-refractivity contribution in [1.82, 2.24) is 0 Å². The van der Waals surface area contributed by atoms with Crippen molar-refractivity contribution in [2.45, 2.75) is 53.4 Å². The average molecular weight is 292 g/mol. The van der Waals surface area contributed by atoms with Gasteiger partial charge in [0.15, 0.2) is 11.5 Å². The minimum absolute atomic E-state index is 0.0764. The van der Waals surface area contributed by atoms with Gasteiger partial charge in [0.1, 0.15) is 0 Å². The van der Waals surface area contributed by atoms with Crippen LogP contribution < -0.4 is 0 Å². The van der Waals surface area contributed by atoms with E-state index in [2.05, 4.69) is 27.7 Å². The maximum absolute atomic E-state index is 8.67. The normalized spacial score (nSPS) is 9.14. The van der Waals surface area contributed by atoms with Crippen LogP contribution in [0.3, 0.4) is 0 Å². The second-order valence-corrected chi connectivity index (χ2v) is 4.59. The summed E-state index contributed by atoms with van der Waals surface area (Å²) in [7, 11) is 0. The predicted molar refractivity (Wildman–Crippen MR) is 88.2 cm³/mol. The van der Waals surface area contributed by atoms with Gasteiger partial charge in [-0.2, -0.15) is 0 Å². The van der Waals surface area contributed by atoms with Gasteiger partial charge in [0.05, 0.1) is 12.5 Å². The van der Waals surface area contributed by atoms with Crippen LogP contribution in [0.4, 0.5) is 0 Å². The maximum Gasteiger partial charge on any atom is 0.157 e. The molecule has 0 unspecified atom stereocenters. The molecule has 0 amide bonds. The quantitative estimate of drug-likeness (QED) is 0.537. The van der Waals surface area contributed by atoms with Crippen LogP contribution in [-0.2, 0) is 4.74 Å². The fourth-order valence-electron chi connectivity index (χ4n) is 1.52. The third-order valence-electron chi connectivity index (χ3n) is 3.17. The van der Waals surface area contributed by atoms with Gasteiger partial charge in [0.25, 0.3) is 0 Å². The van der Waals surface area contributed by atoms with Crippen LogP contribution in [0.2, 0.25) is 0 Å². The Morgan fingerprint density at radius 3 is 1.38 bits per heavy atom. The Kier molecular flexibility index (Phi) is 10.8. The molecular weight excluding hydrogens is 264 g/mol. The first kappa shape index (κ1) is 19.1. The van der Waals surface area contributed by atoms with Crippen molar-refractivity contribution in [2.24, 2.45) is 0 Å². The van der Waals surface area contributed by atoms with E-state index in [-0.39, 0.29) is 11.5 Å². The number of benzene rings is 1. The highest BCUT2D eigenvalue weighted by Gasteiger charge is 1.91. The van der Waals surface area contributed by atoms with E-state index in [9.17, 15) is 0 Å². The molecule has 0 aromatic heterocycles. The zero-order valence-corrected chi connectivity index (χ0v) is 13.6. The molecule has 0 atom stereocenters. The molecule has 0 bridgehead atoms. The van der Waals surface area contributed by atoms with Crippen molar-refractivity contribution in [2.75, 3.05) is 0 Å². The molecule has 2 N–H and O–H groups in total. The molecule has 0 aliphatic heterocycles. The topological polar surface area (TPSA) is 49.7 Å². The number of ether oxygens (including phenoxy) is 1. The summed E-state index contributed by atoms with van der Waals surface area (Å²) in [4.78, 5) is 0. The van der Waals surface area contributed by atoms with Gasteiger partial charge in [-0.25, -0.2) is 0 Å². The van der Waals surface area contributed by atoms with E-state index in [4.69, 9.17) is 14.9 Å². The number of hydrogen-bond donors (Lipinski definition) is 2. The number of phenolic OH excluding ortho intramolecular Hbond substituents is 2. The van der Waals surface area contributed by atoms with Crippen LogP contribution in [-0.4, -0.2) is 10.2 Å². The van der Waals surface area contributed by atoms with Crippen LogP contribution in [0.1, 0.15) is 53.4 Å². The first-order chi connectivity index (χ1) is 10.1. The lowest BCUT2D eigenvalue weighted by Crippen LogP contribution is -1.82. The van der Waals surface area contributed by atoms with Crippen LogP contribution in [0, 0.1) is 0 Å². The van der Waals surface area contributed by atoms with E-state index in [1.165, 1.54) is 23.3 Å². The third-order valence-corrected chi connectivity index (χ3v) is 3.17. The first-order valence-electron chi connectivity index (χ1n) is 7.57. The van der Waals surface area contributed by atoms with Crippen LogP contribution >= 0.6 is 0 Å². The van der Waals surface area contributed by atoms with E-state index in [1.54, 1.807) is 12.1 Å². The van der Waals surface area contributed by atoms with Crippen molar-refractivity contribution < 1.29 is 14.9 Å². The van der Waals surface area contributed by atoms with Gasteiger partial charge in [0.2, 0.25) is 0 Å². The molecule has 0 radical (unpaired) electrons. The molecule has 118 valence electrons. The summed E-state index contributed by atoms with van der Waals surface area (Å²) in [6.07, 6.45) is 8.09. The van der Waals surface area contributed by atoms with E-state index in [0.29, 0.717) is 0 Å². The van der Waals surface area contributed by atoms with E-state index in [1.807, 2.05) is 12.5 Å². The molecule has 1 aromatic carbocycles. The highest BCUT2D eigenvalue weighted by Crippen LogP contribution is 2.21. The molecule has 3 heteroatoms. The molecule has 0 aliphatic rings. The summed E-state index contributed by atoms with van der Waals surface area (Å²) in [5, 5.41) is 17.3. The SMILES string of the molecule is CCC(=COC=C(CC)CC)CC.Oc1ccccc1O. The van der Waals surface area contributed by atoms with Crippen LogP contribution in [0.25, 0.3) is 0 Å². The Labute approximate surface area is 128 Å². The van der Waals surface area contributed by atoms with E-state index in [0.717, 1.165) is 25.7 Å². The maximum atomic E-state index is 8.67. The fraction of sp³-hybridized carbons (Fsp3) is 0.444. The van der Waals surface area contributed by atoms with Crippen LogP contribution in [0.15, 0.2) is 47.9 Å². The second kappa shape index (κ2) is 11.9. The largest absolute Gasteiger partial charge is 0.504 e. The standard InChI is InChI=1S/C12H22O.C6H6O2/c1-5-11(6-2)9-13-10-12(7-3)8-4;7-5-3-1-2-4-6(5)8/h9-10H,5-8H2,1-4H3;1-4,7-8H. The van der Waals surface area contributed by atoms with Crippen molar-refractivity contribution in [1.29, 1.82) is 0 Å². The van der Waals surface area contributed by atoms with Gasteiger partial charge in [-0.3, -0.25) is 0 Å². The van der Waals surface area contributed by atoms with Gasteiger partial charge in [-0.05, 0) is 49.0 Å². The van der Waals surface area contributed by atoms with Crippen molar-refractivity contribution >= 4 is 0 Å². The molecular formula is C18H28O3. The first-order valence-corrected chi connectivity index (χ1v) is 7.57. The van der Waals surface area contributed by atoms with E-state index < -0.39 is 0 Å². The van der Waals surface area contributed by atoms with Gasteiger partial charge in [-0.15, -0.1) is 0 Å². The van der Waals surface area contributed by atoms with E-state index >= 15 is 0 Å². The molecule has 0 saturated heterocycles. The Balaban J connectivity index is 0.000000423. The molecule has 0 heterocycles.